The molecule has 1 atom stereocenters. The molecule has 0 saturated carbocycles. The predicted molar refractivity (Wildman–Crippen MR) is 48.5 cm³/mol. The van der Waals surface area contributed by atoms with Gasteiger partial charge in [0.25, 0.3) is 10.1 Å². The Hall–Kier alpha value is -0.940. The second-order valence-corrected chi connectivity index (χ2v) is 4.18. The van der Waals surface area contributed by atoms with E-state index < -0.39 is 15.4 Å². The van der Waals surface area contributed by atoms with E-state index in [0.717, 1.165) is 0 Å². The van der Waals surface area contributed by atoms with Gasteiger partial charge in [-0.25, -0.2) is 0 Å². The van der Waals surface area contributed by atoms with Crippen LogP contribution in [0.4, 0.5) is 0 Å². The first-order chi connectivity index (χ1) is 6.05. The molecule has 0 aliphatic heterocycles. The minimum Gasteiger partial charge on any atom is -0.285 e. The number of aromatic nitrogens is 1. The Morgan fingerprint density at radius 1 is 1.62 bits per heavy atom. The Morgan fingerprint density at radius 3 is 2.69 bits per heavy atom. The summed E-state index contributed by atoms with van der Waals surface area (Å²) in [5.74, 6) is 0. The summed E-state index contributed by atoms with van der Waals surface area (Å²) in [4.78, 5) is 3.76. The quantitative estimate of drug-likeness (QED) is 0.745. The first-order valence-corrected chi connectivity index (χ1v) is 5.21. The molecule has 13 heavy (non-hydrogen) atoms. The molecule has 0 fully saturated rings. The van der Waals surface area contributed by atoms with Crippen molar-refractivity contribution in [2.24, 2.45) is 0 Å². The standard InChI is InChI=1S/C8H10NO3S/c1-2-8(13(10,11)12)7-4-3-5-9-6-7/h3-6,8H,1-2H2,(H,10,11,12). The molecule has 1 unspecified atom stereocenters. The SMILES string of the molecule is [CH2]CC(c1cccnc1)S(=O)(=O)O. The third kappa shape index (κ3) is 2.50. The fourth-order valence-electron chi connectivity index (χ4n) is 1.05. The zero-order valence-corrected chi connectivity index (χ0v) is 7.74. The maximum absolute atomic E-state index is 10.9. The second kappa shape index (κ2) is 3.85. The van der Waals surface area contributed by atoms with Crippen LogP contribution in [0.2, 0.25) is 0 Å². The van der Waals surface area contributed by atoms with E-state index in [9.17, 15) is 8.42 Å². The van der Waals surface area contributed by atoms with Crippen LogP contribution in [0.5, 0.6) is 0 Å². The molecule has 1 aromatic heterocycles. The highest BCUT2D eigenvalue weighted by molar-refractivity contribution is 7.86. The Kier molecular flexibility index (Phi) is 3.00. The third-order valence-electron chi connectivity index (χ3n) is 1.68. The molecule has 5 heteroatoms. The summed E-state index contributed by atoms with van der Waals surface area (Å²) >= 11 is 0. The van der Waals surface area contributed by atoms with Crippen LogP contribution in [-0.4, -0.2) is 18.0 Å². The maximum Gasteiger partial charge on any atom is 0.272 e. The van der Waals surface area contributed by atoms with Crippen LogP contribution >= 0.6 is 0 Å². The average Bonchev–Trinajstić information content (AvgIpc) is 2.05. The smallest absolute Gasteiger partial charge is 0.272 e. The molecule has 0 aromatic carbocycles. The lowest BCUT2D eigenvalue weighted by molar-refractivity contribution is 0.468. The van der Waals surface area contributed by atoms with Crippen LogP contribution in [-0.2, 0) is 10.1 Å². The fraction of sp³-hybridized carbons (Fsp3) is 0.250. The van der Waals surface area contributed by atoms with Crippen LogP contribution in [0, 0.1) is 6.92 Å². The van der Waals surface area contributed by atoms with Crippen LogP contribution in [0.15, 0.2) is 24.5 Å². The van der Waals surface area contributed by atoms with Gasteiger partial charge in [0.05, 0.1) is 0 Å². The van der Waals surface area contributed by atoms with Gasteiger partial charge >= 0.3 is 0 Å². The topological polar surface area (TPSA) is 67.3 Å². The van der Waals surface area contributed by atoms with Crippen molar-refractivity contribution in [2.75, 3.05) is 0 Å². The highest BCUT2D eigenvalue weighted by Crippen LogP contribution is 2.23. The number of rotatable bonds is 3. The van der Waals surface area contributed by atoms with Crippen LogP contribution in [0.25, 0.3) is 0 Å². The van der Waals surface area contributed by atoms with Gasteiger partial charge in [-0.3, -0.25) is 9.54 Å². The predicted octanol–water partition coefficient (Wildman–Crippen LogP) is 1.23. The van der Waals surface area contributed by atoms with Crippen molar-refractivity contribution in [3.8, 4) is 0 Å². The molecule has 1 radical (unpaired) electrons. The highest BCUT2D eigenvalue weighted by atomic mass is 32.2. The maximum atomic E-state index is 10.9. The first kappa shape index (κ1) is 10.1. The molecule has 0 saturated heterocycles. The van der Waals surface area contributed by atoms with Gasteiger partial charge in [-0.05, 0) is 18.1 Å². The minimum atomic E-state index is -4.07. The number of nitrogens with zero attached hydrogens (tertiary/aromatic N) is 1. The second-order valence-electron chi connectivity index (χ2n) is 2.58. The zero-order chi connectivity index (χ0) is 9.90. The number of hydrogen-bond acceptors (Lipinski definition) is 3. The normalized spacial score (nSPS) is 14.0. The van der Waals surface area contributed by atoms with Crippen LogP contribution < -0.4 is 0 Å². The molecule has 71 valence electrons. The molecule has 0 aliphatic carbocycles. The number of pyridine rings is 1. The average molecular weight is 200 g/mol. The van der Waals surface area contributed by atoms with Gasteiger partial charge in [0.2, 0.25) is 0 Å². The minimum absolute atomic E-state index is 0.0878. The van der Waals surface area contributed by atoms with Crippen molar-refractivity contribution in [3.63, 3.8) is 0 Å². The summed E-state index contributed by atoms with van der Waals surface area (Å²) in [6, 6.07) is 3.21. The van der Waals surface area contributed by atoms with Crippen molar-refractivity contribution in [1.29, 1.82) is 0 Å². The Morgan fingerprint density at radius 2 is 2.31 bits per heavy atom. The fourth-order valence-corrected chi connectivity index (χ4v) is 1.84. The zero-order valence-electron chi connectivity index (χ0n) is 6.92. The summed E-state index contributed by atoms with van der Waals surface area (Å²) in [5.41, 5.74) is 0.458. The lowest BCUT2D eigenvalue weighted by atomic mass is 10.2. The van der Waals surface area contributed by atoms with E-state index in [4.69, 9.17) is 4.55 Å². The molecule has 1 aromatic rings. The summed E-state index contributed by atoms with van der Waals surface area (Å²) in [5, 5.41) is -0.971. The van der Waals surface area contributed by atoms with Gasteiger partial charge in [-0.1, -0.05) is 13.0 Å². The van der Waals surface area contributed by atoms with Crippen molar-refractivity contribution in [3.05, 3.63) is 37.0 Å². The monoisotopic (exact) mass is 200 g/mol. The number of hydrogen-bond donors (Lipinski definition) is 1. The van der Waals surface area contributed by atoms with E-state index in [1.165, 1.54) is 12.4 Å². The van der Waals surface area contributed by atoms with Gasteiger partial charge in [-0.15, -0.1) is 0 Å². The molecule has 0 aliphatic rings. The molecule has 0 spiro atoms. The van der Waals surface area contributed by atoms with Crippen molar-refractivity contribution in [1.82, 2.24) is 4.98 Å². The Bertz CT molecular complexity index is 360. The van der Waals surface area contributed by atoms with Gasteiger partial charge in [0.15, 0.2) is 0 Å². The van der Waals surface area contributed by atoms with E-state index in [1.54, 1.807) is 12.1 Å². The summed E-state index contributed by atoms with van der Waals surface area (Å²) in [6.07, 6.45) is 3.03. The van der Waals surface area contributed by atoms with Crippen molar-refractivity contribution < 1.29 is 13.0 Å². The van der Waals surface area contributed by atoms with E-state index in [-0.39, 0.29) is 6.42 Å². The molecule has 1 rings (SSSR count). The Labute approximate surface area is 77.4 Å². The van der Waals surface area contributed by atoms with E-state index in [2.05, 4.69) is 11.9 Å². The molecule has 4 nitrogen and oxygen atoms in total. The van der Waals surface area contributed by atoms with Crippen molar-refractivity contribution >= 4 is 10.1 Å². The lowest BCUT2D eigenvalue weighted by Gasteiger charge is -2.10. The van der Waals surface area contributed by atoms with E-state index in [0.29, 0.717) is 5.56 Å². The van der Waals surface area contributed by atoms with Gasteiger partial charge < -0.3 is 0 Å². The van der Waals surface area contributed by atoms with Crippen molar-refractivity contribution in [2.45, 2.75) is 11.7 Å². The third-order valence-corrected chi connectivity index (χ3v) is 2.90. The largest absolute Gasteiger partial charge is 0.285 e. The van der Waals surface area contributed by atoms with E-state index >= 15 is 0 Å². The summed E-state index contributed by atoms with van der Waals surface area (Å²) in [7, 11) is -4.07. The summed E-state index contributed by atoms with van der Waals surface area (Å²) in [6.45, 7) is 3.46. The molecule has 1 N–H and O–H groups in total. The Balaban J connectivity index is 3.06. The van der Waals surface area contributed by atoms with E-state index in [1.807, 2.05) is 0 Å². The lowest BCUT2D eigenvalue weighted by Crippen LogP contribution is -2.11. The van der Waals surface area contributed by atoms with Gasteiger partial charge in [-0.2, -0.15) is 8.42 Å². The molecular formula is C8H10NO3S. The van der Waals surface area contributed by atoms with Gasteiger partial charge in [0, 0.05) is 12.4 Å². The van der Waals surface area contributed by atoms with Crippen LogP contribution in [0.3, 0.4) is 0 Å². The van der Waals surface area contributed by atoms with Gasteiger partial charge in [0.1, 0.15) is 5.25 Å². The molecule has 0 amide bonds. The molecule has 1 heterocycles. The first-order valence-electron chi connectivity index (χ1n) is 3.71. The molecule has 0 bridgehead atoms. The summed E-state index contributed by atoms with van der Waals surface area (Å²) < 4.78 is 30.5. The van der Waals surface area contributed by atoms with Crippen LogP contribution in [0.1, 0.15) is 17.2 Å². The molecular weight excluding hydrogens is 190 g/mol. The highest BCUT2D eigenvalue weighted by Gasteiger charge is 2.22.